The number of aromatic nitrogens is 2. The Morgan fingerprint density at radius 3 is 2.37 bits per heavy atom. The zero-order valence-electron chi connectivity index (χ0n) is 18.6. The number of amides is 2. The Hall–Kier alpha value is -4.50. The molecular weight excluding hydrogens is 470 g/mol. The molecule has 4 rings (SSSR count). The number of benzene rings is 3. The quantitative estimate of drug-likeness (QED) is 0.272. The minimum absolute atomic E-state index is 0.0365. The monoisotopic (exact) mass is 489 g/mol. The fraction of sp³-hybridized carbons (Fsp3) is 0.0800. The van der Waals surface area contributed by atoms with Crippen molar-refractivity contribution in [2.45, 2.75) is 13.3 Å². The van der Waals surface area contributed by atoms with Crippen LogP contribution in [-0.4, -0.2) is 26.5 Å². The molecule has 1 heterocycles. The van der Waals surface area contributed by atoms with Gasteiger partial charge in [0.2, 0.25) is 11.8 Å². The number of non-ortho nitro benzene ring substituents is 1. The Balaban J connectivity index is 1.66. The molecule has 3 aromatic carbocycles. The predicted molar refractivity (Wildman–Crippen MR) is 134 cm³/mol. The van der Waals surface area contributed by atoms with Crippen LogP contribution in [-0.2, 0) is 16.0 Å². The van der Waals surface area contributed by atoms with Gasteiger partial charge in [-0.05, 0) is 42.5 Å². The van der Waals surface area contributed by atoms with Gasteiger partial charge in [0, 0.05) is 41.4 Å². The van der Waals surface area contributed by atoms with Gasteiger partial charge in [0.15, 0.2) is 0 Å². The van der Waals surface area contributed by atoms with Gasteiger partial charge in [0.05, 0.1) is 34.1 Å². The van der Waals surface area contributed by atoms with Gasteiger partial charge in [0.25, 0.3) is 5.69 Å². The normalized spacial score (nSPS) is 10.6. The van der Waals surface area contributed by atoms with Gasteiger partial charge in [-0.25, -0.2) is 4.68 Å². The molecule has 0 radical (unpaired) electrons. The van der Waals surface area contributed by atoms with E-state index in [1.165, 1.54) is 19.1 Å². The Morgan fingerprint density at radius 2 is 1.71 bits per heavy atom. The van der Waals surface area contributed by atoms with E-state index in [2.05, 4.69) is 15.7 Å². The highest BCUT2D eigenvalue weighted by Gasteiger charge is 2.18. The first kappa shape index (κ1) is 23.7. The van der Waals surface area contributed by atoms with Gasteiger partial charge < -0.3 is 10.6 Å². The minimum Gasteiger partial charge on any atom is -0.325 e. The first-order chi connectivity index (χ1) is 16.8. The number of hydrogen-bond donors (Lipinski definition) is 2. The summed E-state index contributed by atoms with van der Waals surface area (Å²) in [5, 5.41) is 21.5. The molecule has 0 aliphatic heterocycles. The second-order valence-corrected chi connectivity index (χ2v) is 8.12. The van der Waals surface area contributed by atoms with Crippen molar-refractivity contribution in [3.63, 3.8) is 0 Å². The van der Waals surface area contributed by atoms with E-state index in [4.69, 9.17) is 11.6 Å². The first-order valence-electron chi connectivity index (χ1n) is 10.6. The fourth-order valence-corrected chi connectivity index (χ4v) is 3.69. The second kappa shape index (κ2) is 10.2. The lowest BCUT2D eigenvalue weighted by atomic mass is 10.1. The fourth-order valence-electron chi connectivity index (χ4n) is 3.52. The van der Waals surface area contributed by atoms with Crippen LogP contribution in [0.4, 0.5) is 17.1 Å². The molecule has 0 unspecified atom stereocenters. The third kappa shape index (κ3) is 5.71. The lowest BCUT2D eigenvalue weighted by Crippen LogP contribution is -2.17. The number of carbonyl (C=O) groups is 2. The molecule has 2 N–H and O–H groups in total. The summed E-state index contributed by atoms with van der Waals surface area (Å²) in [5.41, 5.74) is 3.31. The van der Waals surface area contributed by atoms with Crippen molar-refractivity contribution in [2.24, 2.45) is 0 Å². The van der Waals surface area contributed by atoms with Crippen molar-refractivity contribution in [1.29, 1.82) is 0 Å². The number of nitro groups is 1. The van der Waals surface area contributed by atoms with Crippen LogP contribution in [0.5, 0.6) is 0 Å². The maximum absolute atomic E-state index is 13.0. The van der Waals surface area contributed by atoms with E-state index in [1.807, 2.05) is 30.3 Å². The van der Waals surface area contributed by atoms with Crippen molar-refractivity contribution in [1.82, 2.24) is 9.78 Å². The molecule has 0 bridgehead atoms. The van der Waals surface area contributed by atoms with Crippen LogP contribution in [0.1, 0.15) is 12.5 Å². The number of carbonyl (C=O) groups excluding carboxylic acids is 2. The van der Waals surface area contributed by atoms with Crippen LogP contribution in [0.3, 0.4) is 0 Å². The van der Waals surface area contributed by atoms with Crippen LogP contribution in [0.25, 0.3) is 16.9 Å². The zero-order chi connectivity index (χ0) is 24.9. The summed E-state index contributed by atoms with van der Waals surface area (Å²) in [6.07, 6.45) is 1.71. The highest BCUT2D eigenvalue weighted by Crippen LogP contribution is 2.28. The number of nitro benzene ring substituents is 1. The van der Waals surface area contributed by atoms with Crippen molar-refractivity contribution >= 4 is 40.5 Å². The van der Waals surface area contributed by atoms with Gasteiger partial charge >= 0.3 is 0 Å². The predicted octanol–water partition coefficient (Wildman–Crippen LogP) is 5.24. The summed E-state index contributed by atoms with van der Waals surface area (Å²) in [6, 6.07) is 20.1. The minimum atomic E-state index is -0.474. The Labute approximate surface area is 205 Å². The van der Waals surface area contributed by atoms with E-state index >= 15 is 0 Å². The Bertz CT molecular complexity index is 1400. The molecule has 9 nitrogen and oxygen atoms in total. The molecule has 0 aliphatic rings. The maximum Gasteiger partial charge on any atom is 0.269 e. The van der Waals surface area contributed by atoms with Crippen molar-refractivity contribution in [2.75, 3.05) is 10.6 Å². The molecule has 0 saturated carbocycles. The highest BCUT2D eigenvalue weighted by atomic mass is 35.5. The number of hydrogen-bond acceptors (Lipinski definition) is 5. The standard InChI is InChI=1S/C25H20ClN5O4/c1-16(32)27-22-12-9-19(26)14-23(22)28-24(33)13-18-15-30(20-5-3-2-4-6-20)29-25(18)17-7-10-21(11-8-17)31(34)35/h2-12,14-15H,13H2,1H3,(H,27,32)(H,28,33). The second-order valence-electron chi connectivity index (χ2n) is 7.68. The van der Waals surface area contributed by atoms with Gasteiger partial charge in [-0.1, -0.05) is 29.8 Å². The van der Waals surface area contributed by atoms with Gasteiger partial charge in [-0.2, -0.15) is 5.10 Å². The largest absolute Gasteiger partial charge is 0.325 e. The lowest BCUT2D eigenvalue weighted by molar-refractivity contribution is -0.384. The molecule has 4 aromatic rings. The average molecular weight is 490 g/mol. The topological polar surface area (TPSA) is 119 Å². The smallest absolute Gasteiger partial charge is 0.269 e. The molecule has 35 heavy (non-hydrogen) atoms. The Kier molecular flexibility index (Phi) is 6.88. The van der Waals surface area contributed by atoms with E-state index in [1.54, 1.807) is 41.2 Å². The SMILES string of the molecule is CC(=O)Nc1ccc(Cl)cc1NC(=O)Cc1cn(-c2ccccc2)nc1-c1ccc([N+](=O)[O-])cc1. The maximum atomic E-state index is 13.0. The number of nitrogens with zero attached hydrogens (tertiary/aromatic N) is 3. The molecule has 2 amide bonds. The van der Waals surface area contributed by atoms with Crippen molar-refractivity contribution < 1.29 is 14.5 Å². The molecule has 0 saturated heterocycles. The number of nitrogens with one attached hydrogen (secondary N) is 2. The third-order valence-corrected chi connectivity index (χ3v) is 5.31. The van der Waals surface area contributed by atoms with Gasteiger partial charge in [-0.3, -0.25) is 19.7 Å². The van der Waals surface area contributed by atoms with Crippen LogP contribution in [0, 0.1) is 10.1 Å². The van der Waals surface area contributed by atoms with Gasteiger partial charge in [0.1, 0.15) is 0 Å². The number of halogens is 1. The summed E-state index contributed by atoms with van der Waals surface area (Å²) < 4.78 is 1.65. The van der Waals surface area contributed by atoms with E-state index in [9.17, 15) is 19.7 Å². The highest BCUT2D eigenvalue weighted by molar-refractivity contribution is 6.31. The molecular formula is C25H20ClN5O4. The van der Waals surface area contributed by atoms with Crippen LogP contribution in [0.15, 0.2) is 79.0 Å². The van der Waals surface area contributed by atoms with Crippen LogP contribution >= 0.6 is 11.6 Å². The van der Waals surface area contributed by atoms with E-state index in [0.29, 0.717) is 33.2 Å². The van der Waals surface area contributed by atoms with E-state index in [-0.39, 0.29) is 23.9 Å². The average Bonchev–Trinajstić information content (AvgIpc) is 3.25. The Morgan fingerprint density at radius 1 is 1.00 bits per heavy atom. The molecule has 1 aromatic heterocycles. The molecule has 0 atom stereocenters. The van der Waals surface area contributed by atoms with E-state index < -0.39 is 4.92 Å². The summed E-state index contributed by atoms with van der Waals surface area (Å²) in [4.78, 5) is 35.1. The molecule has 10 heteroatoms. The number of anilines is 2. The molecule has 176 valence electrons. The van der Waals surface area contributed by atoms with Gasteiger partial charge in [-0.15, -0.1) is 0 Å². The van der Waals surface area contributed by atoms with Crippen LogP contribution in [0.2, 0.25) is 5.02 Å². The van der Waals surface area contributed by atoms with Crippen molar-refractivity contribution in [3.8, 4) is 16.9 Å². The molecule has 0 spiro atoms. The summed E-state index contributed by atoms with van der Waals surface area (Å²) in [5.74, 6) is -0.637. The third-order valence-electron chi connectivity index (χ3n) is 5.08. The molecule has 0 aliphatic carbocycles. The summed E-state index contributed by atoms with van der Waals surface area (Å²) >= 11 is 6.08. The summed E-state index contributed by atoms with van der Waals surface area (Å²) in [7, 11) is 0. The van der Waals surface area contributed by atoms with Crippen LogP contribution < -0.4 is 10.6 Å². The van der Waals surface area contributed by atoms with Crippen molar-refractivity contribution in [3.05, 3.63) is 99.7 Å². The molecule has 0 fully saturated rings. The first-order valence-corrected chi connectivity index (χ1v) is 10.9. The summed E-state index contributed by atoms with van der Waals surface area (Å²) in [6.45, 7) is 1.37. The number of para-hydroxylation sites is 1. The number of rotatable bonds is 7. The zero-order valence-corrected chi connectivity index (χ0v) is 19.3. The van der Waals surface area contributed by atoms with E-state index in [0.717, 1.165) is 5.69 Å². The lowest BCUT2D eigenvalue weighted by Gasteiger charge is -2.12.